The largest absolute Gasteiger partial charge is 0.379 e. The van der Waals surface area contributed by atoms with Crippen molar-refractivity contribution in [2.75, 3.05) is 11.9 Å². The maximum Gasteiger partial charge on any atom is 0.292 e. The van der Waals surface area contributed by atoms with Crippen molar-refractivity contribution in [1.29, 1.82) is 0 Å². The Kier molecular flexibility index (Phi) is 4.99. The molecule has 4 nitrogen and oxygen atoms in total. The maximum absolute atomic E-state index is 11.0. The highest BCUT2D eigenvalue weighted by Crippen LogP contribution is 2.32. The first-order valence-electron chi connectivity index (χ1n) is 7.55. The van der Waals surface area contributed by atoms with Gasteiger partial charge in [0, 0.05) is 12.6 Å². The van der Waals surface area contributed by atoms with Crippen LogP contribution in [0.2, 0.25) is 0 Å². The number of hydrogen-bond acceptors (Lipinski definition) is 3. The number of para-hydroxylation sites is 1. The fraction of sp³-hybridized carbons (Fsp3) is 0.625. The molecule has 0 aliphatic heterocycles. The summed E-state index contributed by atoms with van der Waals surface area (Å²) in [5, 5.41) is 14.3. The lowest BCUT2D eigenvalue weighted by molar-refractivity contribution is -0.384. The van der Waals surface area contributed by atoms with Gasteiger partial charge in [-0.3, -0.25) is 10.1 Å². The molecule has 4 heteroatoms. The lowest BCUT2D eigenvalue weighted by Crippen LogP contribution is -2.17. The molecule has 110 valence electrons. The predicted octanol–water partition coefficient (Wildman–Crippen LogP) is 4.53. The Hall–Kier alpha value is -1.58. The van der Waals surface area contributed by atoms with Gasteiger partial charge in [-0.15, -0.1) is 0 Å². The van der Waals surface area contributed by atoms with Crippen LogP contribution in [-0.4, -0.2) is 11.5 Å². The second-order valence-electron chi connectivity index (χ2n) is 6.08. The monoisotopic (exact) mass is 276 g/mol. The molecule has 1 fully saturated rings. The van der Waals surface area contributed by atoms with E-state index in [0.717, 1.165) is 30.4 Å². The Labute approximate surface area is 120 Å². The Balaban J connectivity index is 1.92. The fourth-order valence-electron chi connectivity index (χ4n) is 3.26. The van der Waals surface area contributed by atoms with Crippen molar-refractivity contribution in [3.05, 3.63) is 33.9 Å². The molecule has 0 radical (unpaired) electrons. The van der Waals surface area contributed by atoms with Crippen molar-refractivity contribution in [2.24, 2.45) is 11.8 Å². The van der Waals surface area contributed by atoms with Crippen LogP contribution in [0.3, 0.4) is 0 Å². The predicted molar refractivity (Wildman–Crippen MR) is 82.1 cm³/mol. The van der Waals surface area contributed by atoms with Gasteiger partial charge in [-0.1, -0.05) is 38.3 Å². The zero-order valence-electron chi connectivity index (χ0n) is 12.4. The number of benzene rings is 1. The van der Waals surface area contributed by atoms with Crippen molar-refractivity contribution in [3.63, 3.8) is 0 Å². The lowest BCUT2D eigenvalue weighted by Gasteiger charge is -2.26. The van der Waals surface area contributed by atoms with Gasteiger partial charge in [-0.25, -0.2) is 0 Å². The summed E-state index contributed by atoms with van der Waals surface area (Å²) >= 11 is 0. The number of hydrogen-bond donors (Lipinski definition) is 1. The number of anilines is 1. The molecule has 2 atom stereocenters. The van der Waals surface area contributed by atoms with Crippen molar-refractivity contribution < 1.29 is 4.92 Å². The van der Waals surface area contributed by atoms with Gasteiger partial charge < -0.3 is 5.32 Å². The number of nitro benzene ring substituents is 1. The van der Waals surface area contributed by atoms with Gasteiger partial charge in [0.1, 0.15) is 5.69 Å². The summed E-state index contributed by atoms with van der Waals surface area (Å²) < 4.78 is 0. The maximum atomic E-state index is 11.0. The minimum absolute atomic E-state index is 0.182. The van der Waals surface area contributed by atoms with E-state index in [9.17, 15) is 10.1 Å². The number of aryl methyl sites for hydroxylation is 1. The van der Waals surface area contributed by atoms with E-state index in [0.29, 0.717) is 5.69 Å². The van der Waals surface area contributed by atoms with E-state index >= 15 is 0 Å². The highest BCUT2D eigenvalue weighted by Gasteiger charge is 2.19. The summed E-state index contributed by atoms with van der Waals surface area (Å²) in [6, 6.07) is 5.22. The number of rotatable bonds is 5. The molecule has 2 rings (SSSR count). The minimum atomic E-state index is -0.308. The second-order valence-corrected chi connectivity index (χ2v) is 6.08. The average molecular weight is 276 g/mol. The molecule has 1 aliphatic rings. The molecule has 0 amide bonds. The normalized spacial score (nSPS) is 22.5. The van der Waals surface area contributed by atoms with Crippen LogP contribution >= 0.6 is 0 Å². The molecule has 1 N–H and O–H groups in total. The average Bonchev–Trinajstić information content (AvgIpc) is 2.40. The van der Waals surface area contributed by atoms with E-state index < -0.39 is 0 Å². The highest BCUT2D eigenvalue weighted by molar-refractivity contribution is 5.65. The topological polar surface area (TPSA) is 55.2 Å². The molecular formula is C16H24N2O2. The van der Waals surface area contributed by atoms with E-state index in [1.165, 1.54) is 25.7 Å². The molecule has 0 spiro atoms. The van der Waals surface area contributed by atoms with Crippen molar-refractivity contribution in [2.45, 2.75) is 46.0 Å². The van der Waals surface area contributed by atoms with E-state index in [1.807, 2.05) is 13.0 Å². The molecule has 1 aromatic carbocycles. The van der Waals surface area contributed by atoms with Crippen LogP contribution in [0.15, 0.2) is 18.2 Å². The zero-order chi connectivity index (χ0) is 14.5. The van der Waals surface area contributed by atoms with Crippen LogP contribution in [-0.2, 0) is 0 Å². The molecule has 1 aliphatic carbocycles. The van der Waals surface area contributed by atoms with Crippen molar-refractivity contribution in [3.8, 4) is 0 Å². The fourth-order valence-corrected chi connectivity index (χ4v) is 3.26. The first-order chi connectivity index (χ1) is 9.58. The van der Waals surface area contributed by atoms with Crippen LogP contribution in [0.5, 0.6) is 0 Å². The van der Waals surface area contributed by atoms with Gasteiger partial charge in [0.05, 0.1) is 4.92 Å². The Bertz CT molecular complexity index is 474. The van der Waals surface area contributed by atoms with Gasteiger partial charge in [0.15, 0.2) is 0 Å². The first kappa shape index (κ1) is 14.8. The van der Waals surface area contributed by atoms with Gasteiger partial charge in [-0.05, 0) is 37.2 Å². The Morgan fingerprint density at radius 2 is 2.20 bits per heavy atom. The minimum Gasteiger partial charge on any atom is -0.379 e. The molecular weight excluding hydrogens is 252 g/mol. The molecule has 0 bridgehead atoms. The second kappa shape index (κ2) is 6.73. The summed E-state index contributed by atoms with van der Waals surface area (Å²) in [5.74, 6) is 1.61. The Morgan fingerprint density at radius 1 is 1.40 bits per heavy atom. The van der Waals surface area contributed by atoms with Crippen LogP contribution in [0.1, 0.15) is 44.6 Å². The van der Waals surface area contributed by atoms with E-state index in [-0.39, 0.29) is 10.6 Å². The summed E-state index contributed by atoms with van der Waals surface area (Å²) in [6.07, 6.45) is 6.40. The van der Waals surface area contributed by atoms with Gasteiger partial charge in [0.2, 0.25) is 0 Å². The number of nitrogens with one attached hydrogen (secondary N) is 1. The van der Waals surface area contributed by atoms with Crippen LogP contribution in [0.4, 0.5) is 11.4 Å². The van der Waals surface area contributed by atoms with Crippen LogP contribution in [0, 0.1) is 28.9 Å². The summed E-state index contributed by atoms with van der Waals surface area (Å²) in [6.45, 7) is 5.06. The van der Waals surface area contributed by atoms with E-state index in [2.05, 4.69) is 12.2 Å². The molecule has 0 heterocycles. The molecule has 2 unspecified atom stereocenters. The van der Waals surface area contributed by atoms with E-state index in [4.69, 9.17) is 0 Å². The van der Waals surface area contributed by atoms with E-state index in [1.54, 1.807) is 12.1 Å². The third-order valence-corrected chi connectivity index (χ3v) is 4.35. The smallest absolute Gasteiger partial charge is 0.292 e. The van der Waals surface area contributed by atoms with Crippen molar-refractivity contribution >= 4 is 11.4 Å². The lowest BCUT2D eigenvalue weighted by atomic mass is 9.81. The third-order valence-electron chi connectivity index (χ3n) is 4.35. The summed E-state index contributed by atoms with van der Waals surface area (Å²) in [7, 11) is 0. The summed E-state index contributed by atoms with van der Waals surface area (Å²) in [5.41, 5.74) is 1.81. The van der Waals surface area contributed by atoms with Crippen LogP contribution in [0.25, 0.3) is 0 Å². The molecule has 0 aromatic heterocycles. The summed E-state index contributed by atoms with van der Waals surface area (Å²) in [4.78, 5) is 10.7. The van der Waals surface area contributed by atoms with Gasteiger partial charge in [0.25, 0.3) is 5.69 Å². The number of nitro groups is 1. The molecule has 1 aromatic rings. The third kappa shape index (κ3) is 3.71. The quantitative estimate of drug-likeness (QED) is 0.635. The zero-order valence-corrected chi connectivity index (χ0v) is 12.4. The standard InChI is InChI=1S/C16H24N2O2/c1-12-5-3-7-14(11-12)9-10-17-16-13(2)6-4-8-15(16)18(19)20/h4,6,8,12,14,17H,3,5,7,9-11H2,1-2H3. The van der Waals surface area contributed by atoms with Crippen molar-refractivity contribution in [1.82, 2.24) is 0 Å². The van der Waals surface area contributed by atoms with Crippen LogP contribution < -0.4 is 5.32 Å². The molecule has 1 saturated carbocycles. The number of nitrogens with zero attached hydrogens (tertiary/aromatic N) is 1. The van der Waals surface area contributed by atoms with Gasteiger partial charge >= 0.3 is 0 Å². The SMILES string of the molecule is Cc1cccc([N+](=O)[O-])c1NCCC1CCCC(C)C1. The molecule has 0 saturated heterocycles. The first-order valence-corrected chi connectivity index (χ1v) is 7.55. The molecule has 20 heavy (non-hydrogen) atoms. The Morgan fingerprint density at radius 3 is 2.90 bits per heavy atom. The van der Waals surface area contributed by atoms with Gasteiger partial charge in [-0.2, -0.15) is 0 Å². The highest BCUT2D eigenvalue weighted by atomic mass is 16.6.